The van der Waals surface area contributed by atoms with Gasteiger partial charge in [0, 0.05) is 10.6 Å². The highest BCUT2D eigenvalue weighted by Crippen LogP contribution is 2.24. The van der Waals surface area contributed by atoms with Crippen molar-refractivity contribution in [3.05, 3.63) is 29.8 Å². The molecule has 0 aliphatic heterocycles. The molecule has 0 aromatic heterocycles. The van der Waals surface area contributed by atoms with Crippen LogP contribution in [0.5, 0.6) is 0 Å². The molecule has 0 radical (unpaired) electrons. The Kier molecular flexibility index (Phi) is 3.72. The zero-order chi connectivity index (χ0) is 9.84. The highest BCUT2D eigenvalue weighted by Gasteiger charge is 2.05. The van der Waals surface area contributed by atoms with Crippen molar-refractivity contribution in [1.82, 2.24) is 0 Å². The molecule has 0 aliphatic carbocycles. The quantitative estimate of drug-likeness (QED) is 0.673. The van der Waals surface area contributed by atoms with Crippen molar-refractivity contribution in [3.63, 3.8) is 0 Å². The number of thioether (sulfide) groups is 1. The van der Waals surface area contributed by atoms with Crippen molar-refractivity contribution in [2.75, 3.05) is 5.75 Å². The molecule has 1 aromatic carbocycles. The van der Waals surface area contributed by atoms with Crippen LogP contribution in [-0.2, 0) is 0 Å². The van der Waals surface area contributed by atoms with E-state index in [2.05, 4.69) is 0 Å². The van der Waals surface area contributed by atoms with E-state index in [0.717, 1.165) is 17.9 Å². The van der Waals surface area contributed by atoms with Gasteiger partial charge in [0.25, 0.3) is 0 Å². The minimum atomic E-state index is -0.382. The molecule has 0 fully saturated rings. The van der Waals surface area contributed by atoms with Gasteiger partial charge in [-0.05, 0) is 24.1 Å². The fourth-order valence-electron chi connectivity index (χ4n) is 0.844. The number of rotatable bonds is 3. The van der Waals surface area contributed by atoms with Crippen LogP contribution in [0.25, 0.3) is 0 Å². The van der Waals surface area contributed by atoms with Crippen molar-refractivity contribution in [2.24, 2.45) is 5.92 Å². The number of hydrogen-bond acceptors (Lipinski definition) is 1. The molecule has 0 N–H and O–H groups in total. The third-order valence-corrected chi connectivity index (χ3v) is 2.92. The summed E-state index contributed by atoms with van der Waals surface area (Å²) in [4.78, 5) is 0.397. The van der Waals surface area contributed by atoms with Crippen molar-refractivity contribution in [1.29, 1.82) is 0 Å². The average Bonchev–Trinajstić information content (AvgIpc) is 2.06. The molecule has 0 aliphatic rings. The summed E-state index contributed by atoms with van der Waals surface area (Å²) >= 11 is 1.35. The van der Waals surface area contributed by atoms with Gasteiger partial charge in [-0.25, -0.2) is 8.78 Å². The zero-order valence-corrected chi connectivity index (χ0v) is 8.50. The number of hydrogen-bond donors (Lipinski definition) is 0. The largest absolute Gasteiger partial charge is 0.207 e. The Morgan fingerprint density at radius 3 is 2.62 bits per heavy atom. The summed E-state index contributed by atoms with van der Waals surface area (Å²) in [6.45, 7) is 4.09. The predicted molar refractivity (Wildman–Crippen MR) is 51.9 cm³/mol. The van der Waals surface area contributed by atoms with Gasteiger partial charge in [0.1, 0.15) is 11.6 Å². The van der Waals surface area contributed by atoms with Gasteiger partial charge in [0.15, 0.2) is 0 Å². The van der Waals surface area contributed by atoms with E-state index in [0.29, 0.717) is 10.8 Å². The van der Waals surface area contributed by atoms with E-state index in [1.165, 1.54) is 17.8 Å². The Morgan fingerprint density at radius 1 is 1.31 bits per heavy atom. The SMILES string of the molecule is CC(C)CSc1cc(F)ccc1F. The van der Waals surface area contributed by atoms with Gasteiger partial charge >= 0.3 is 0 Å². The lowest BCUT2D eigenvalue weighted by Gasteiger charge is -2.05. The zero-order valence-electron chi connectivity index (χ0n) is 7.68. The van der Waals surface area contributed by atoms with Gasteiger partial charge in [-0.15, -0.1) is 11.8 Å². The van der Waals surface area contributed by atoms with E-state index < -0.39 is 0 Å². The van der Waals surface area contributed by atoms with Gasteiger partial charge in [0.2, 0.25) is 0 Å². The van der Waals surface area contributed by atoms with Crippen LogP contribution in [-0.4, -0.2) is 5.75 Å². The van der Waals surface area contributed by atoms with Crippen LogP contribution in [0.3, 0.4) is 0 Å². The summed E-state index contributed by atoms with van der Waals surface area (Å²) in [7, 11) is 0. The van der Waals surface area contributed by atoms with Gasteiger partial charge in [-0.1, -0.05) is 13.8 Å². The predicted octanol–water partition coefficient (Wildman–Crippen LogP) is 3.71. The fraction of sp³-hybridized carbons (Fsp3) is 0.400. The lowest BCUT2D eigenvalue weighted by atomic mass is 10.3. The van der Waals surface area contributed by atoms with Crippen molar-refractivity contribution < 1.29 is 8.78 Å². The molecule has 13 heavy (non-hydrogen) atoms. The van der Waals surface area contributed by atoms with Crippen LogP contribution in [0.4, 0.5) is 8.78 Å². The fourth-order valence-corrected chi connectivity index (χ4v) is 1.76. The van der Waals surface area contributed by atoms with Crippen LogP contribution in [0.1, 0.15) is 13.8 Å². The Hall–Kier alpha value is -0.570. The average molecular weight is 202 g/mol. The first-order valence-corrected chi connectivity index (χ1v) is 5.16. The molecule has 1 aromatic rings. The summed E-state index contributed by atoms with van der Waals surface area (Å²) in [5.41, 5.74) is 0. The van der Waals surface area contributed by atoms with E-state index in [1.807, 2.05) is 13.8 Å². The van der Waals surface area contributed by atoms with Gasteiger partial charge in [-0.3, -0.25) is 0 Å². The normalized spacial score (nSPS) is 10.8. The molecule has 0 heterocycles. The third-order valence-electron chi connectivity index (χ3n) is 1.47. The minimum Gasteiger partial charge on any atom is -0.207 e. The van der Waals surface area contributed by atoms with Crippen LogP contribution < -0.4 is 0 Å². The van der Waals surface area contributed by atoms with Crippen molar-refractivity contribution in [2.45, 2.75) is 18.7 Å². The molecule has 72 valence electrons. The van der Waals surface area contributed by atoms with Gasteiger partial charge < -0.3 is 0 Å². The van der Waals surface area contributed by atoms with Crippen LogP contribution >= 0.6 is 11.8 Å². The van der Waals surface area contributed by atoms with E-state index in [-0.39, 0.29) is 11.6 Å². The Labute approximate surface area is 81.3 Å². The molecule has 0 saturated carbocycles. The highest BCUT2D eigenvalue weighted by atomic mass is 32.2. The minimum absolute atomic E-state index is 0.341. The molecular weight excluding hydrogens is 190 g/mol. The molecule has 0 amide bonds. The highest BCUT2D eigenvalue weighted by molar-refractivity contribution is 7.99. The second kappa shape index (κ2) is 4.61. The topological polar surface area (TPSA) is 0 Å². The molecule has 0 spiro atoms. The second-order valence-electron chi connectivity index (χ2n) is 3.28. The molecular formula is C10H12F2S. The molecule has 0 unspecified atom stereocenters. The summed E-state index contributed by atoms with van der Waals surface area (Å²) in [5, 5.41) is 0. The van der Waals surface area contributed by atoms with E-state index >= 15 is 0 Å². The molecule has 0 atom stereocenters. The van der Waals surface area contributed by atoms with E-state index in [9.17, 15) is 8.78 Å². The molecule has 0 bridgehead atoms. The van der Waals surface area contributed by atoms with Crippen molar-refractivity contribution >= 4 is 11.8 Å². The Morgan fingerprint density at radius 2 is 2.00 bits per heavy atom. The summed E-state index contributed by atoms with van der Waals surface area (Å²) in [6.07, 6.45) is 0. The van der Waals surface area contributed by atoms with E-state index in [1.54, 1.807) is 0 Å². The maximum atomic E-state index is 13.0. The maximum Gasteiger partial charge on any atom is 0.136 e. The Bertz CT molecular complexity index is 284. The van der Waals surface area contributed by atoms with Gasteiger partial charge in [0.05, 0.1) is 0 Å². The smallest absolute Gasteiger partial charge is 0.136 e. The molecule has 0 saturated heterocycles. The summed E-state index contributed by atoms with van der Waals surface area (Å²) in [5.74, 6) is 0.563. The number of halogens is 2. The first-order chi connectivity index (χ1) is 6.09. The van der Waals surface area contributed by atoms with E-state index in [4.69, 9.17) is 0 Å². The second-order valence-corrected chi connectivity index (χ2v) is 4.34. The first-order valence-electron chi connectivity index (χ1n) is 4.17. The maximum absolute atomic E-state index is 13.0. The summed E-state index contributed by atoms with van der Waals surface area (Å²) < 4.78 is 25.7. The van der Waals surface area contributed by atoms with Crippen LogP contribution in [0.2, 0.25) is 0 Å². The molecule has 0 nitrogen and oxygen atoms in total. The monoisotopic (exact) mass is 202 g/mol. The van der Waals surface area contributed by atoms with Crippen LogP contribution in [0.15, 0.2) is 23.1 Å². The summed E-state index contributed by atoms with van der Waals surface area (Å²) in [6, 6.07) is 3.54. The lowest BCUT2D eigenvalue weighted by molar-refractivity contribution is 0.576. The molecule has 3 heteroatoms. The lowest BCUT2D eigenvalue weighted by Crippen LogP contribution is -1.92. The number of benzene rings is 1. The van der Waals surface area contributed by atoms with Gasteiger partial charge in [-0.2, -0.15) is 0 Å². The molecule has 1 rings (SSSR count). The van der Waals surface area contributed by atoms with Crippen molar-refractivity contribution in [3.8, 4) is 0 Å². The standard InChI is InChI=1S/C10H12F2S/c1-7(2)6-13-10-5-8(11)3-4-9(10)12/h3-5,7H,6H2,1-2H3. The Balaban J connectivity index is 2.70. The first kappa shape index (κ1) is 10.5. The van der Waals surface area contributed by atoms with Crippen LogP contribution in [0, 0.1) is 17.6 Å². The third kappa shape index (κ3) is 3.35.